The monoisotopic (exact) mass is 393 g/mol. The van der Waals surface area contributed by atoms with Crippen molar-refractivity contribution in [3.05, 3.63) is 53.6 Å². The van der Waals surface area contributed by atoms with Gasteiger partial charge >= 0.3 is 11.9 Å². The first-order valence-corrected chi connectivity index (χ1v) is 9.62. The molecule has 2 aliphatic rings. The van der Waals surface area contributed by atoms with Crippen LogP contribution in [-0.4, -0.2) is 37.5 Å². The number of aliphatic imine (C=N–C) groups is 1. The fraction of sp³-hybridized carbons (Fsp3) is 0.333. The van der Waals surface area contributed by atoms with Gasteiger partial charge in [-0.05, 0) is 12.8 Å². The minimum atomic E-state index is -1.01. The third kappa shape index (κ3) is 4.06. The van der Waals surface area contributed by atoms with Gasteiger partial charge in [0.2, 0.25) is 0 Å². The van der Waals surface area contributed by atoms with Crippen LogP contribution in [0.1, 0.15) is 55.2 Å². The third-order valence-electron chi connectivity index (χ3n) is 5.11. The largest absolute Gasteiger partial charge is 0.481 e. The predicted octanol–water partition coefficient (Wildman–Crippen LogP) is 2.94. The zero-order valence-corrected chi connectivity index (χ0v) is 15.8. The zero-order chi connectivity index (χ0) is 20.4. The number of nitrogens with zero attached hydrogens (tertiary/aromatic N) is 4. The summed E-state index contributed by atoms with van der Waals surface area (Å²) < 4.78 is 2.01. The van der Waals surface area contributed by atoms with Crippen LogP contribution >= 0.6 is 0 Å². The van der Waals surface area contributed by atoms with Gasteiger partial charge in [0, 0.05) is 17.8 Å². The molecule has 1 saturated carbocycles. The number of carboxylic acid groups (broad SMARTS) is 2. The van der Waals surface area contributed by atoms with Crippen molar-refractivity contribution in [3.8, 4) is 0 Å². The van der Waals surface area contributed by atoms with Crippen LogP contribution in [0.25, 0.3) is 11.4 Å². The number of carbonyl (C=O) groups is 2. The Morgan fingerprint density at radius 1 is 1.00 bits per heavy atom. The minimum absolute atomic E-state index is 0.177. The average Bonchev–Trinajstić information content (AvgIpc) is 3.40. The van der Waals surface area contributed by atoms with Crippen LogP contribution in [0.2, 0.25) is 0 Å². The van der Waals surface area contributed by atoms with Crippen molar-refractivity contribution in [2.75, 3.05) is 0 Å². The standard InChI is InChI=1S/C21H21N4O4/c26-17(27)10-14-12-25(15-8-4-5-9-15)21(22-14)20-19(13-6-2-1-3-7-13)23-16(24-20)11-18(28)29/h1-3,6-7,12,15H,4-5,8-11H2,(H,26,27)(H,28,29). The Morgan fingerprint density at radius 2 is 1.69 bits per heavy atom. The molecule has 8 nitrogen and oxygen atoms in total. The number of amidine groups is 1. The van der Waals surface area contributed by atoms with E-state index < -0.39 is 11.9 Å². The molecule has 4 rings (SSSR count). The van der Waals surface area contributed by atoms with E-state index in [2.05, 4.69) is 15.3 Å². The molecule has 1 radical (unpaired) electrons. The van der Waals surface area contributed by atoms with Crippen LogP contribution in [0.5, 0.6) is 0 Å². The molecule has 1 aliphatic carbocycles. The lowest BCUT2D eigenvalue weighted by molar-refractivity contribution is -0.137. The fourth-order valence-electron chi connectivity index (χ4n) is 3.88. The number of carboxylic acids is 2. The Balaban J connectivity index is 1.83. The summed E-state index contributed by atoms with van der Waals surface area (Å²) in [4.78, 5) is 31.5. The summed E-state index contributed by atoms with van der Waals surface area (Å²) in [6, 6.07) is 9.65. The van der Waals surface area contributed by atoms with Crippen molar-refractivity contribution in [2.24, 2.45) is 4.99 Å². The Bertz CT molecular complexity index is 1000. The number of hydrogen-bond donors (Lipinski definition) is 2. The van der Waals surface area contributed by atoms with Crippen molar-refractivity contribution in [2.45, 2.75) is 44.6 Å². The summed E-state index contributed by atoms with van der Waals surface area (Å²) in [5.41, 5.74) is 2.33. The molecule has 149 valence electrons. The first kappa shape index (κ1) is 18.9. The normalized spacial score (nSPS) is 16.8. The van der Waals surface area contributed by atoms with E-state index in [1.165, 1.54) is 0 Å². The van der Waals surface area contributed by atoms with Gasteiger partial charge in [-0.2, -0.15) is 0 Å². The van der Waals surface area contributed by atoms with Gasteiger partial charge in [-0.25, -0.2) is 15.3 Å². The highest BCUT2D eigenvalue weighted by molar-refractivity contribution is 6.11. The molecule has 8 heteroatoms. The molecule has 0 unspecified atom stereocenters. The maximum absolute atomic E-state index is 11.2. The highest BCUT2D eigenvalue weighted by Gasteiger charge is 2.29. The first-order valence-electron chi connectivity index (χ1n) is 9.62. The predicted molar refractivity (Wildman–Crippen MR) is 106 cm³/mol. The fourth-order valence-corrected chi connectivity index (χ4v) is 3.88. The lowest BCUT2D eigenvalue weighted by Gasteiger charge is -2.15. The summed E-state index contributed by atoms with van der Waals surface area (Å²) in [6.45, 7) is 0. The van der Waals surface area contributed by atoms with E-state index in [0.29, 0.717) is 22.9 Å². The van der Waals surface area contributed by atoms with E-state index in [0.717, 1.165) is 31.2 Å². The van der Waals surface area contributed by atoms with Crippen LogP contribution in [0.15, 0.2) is 41.5 Å². The number of imidazole rings is 1. The van der Waals surface area contributed by atoms with E-state index in [-0.39, 0.29) is 24.7 Å². The van der Waals surface area contributed by atoms with E-state index in [9.17, 15) is 19.8 Å². The van der Waals surface area contributed by atoms with Crippen molar-refractivity contribution < 1.29 is 19.8 Å². The maximum Gasteiger partial charge on any atom is 0.311 e. The number of aromatic nitrogens is 2. The number of benzene rings is 1. The molecule has 2 heterocycles. The topological polar surface area (TPSA) is 119 Å². The van der Waals surface area contributed by atoms with E-state index in [1.54, 1.807) is 6.20 Å². The van der Waals surface area contributed by atoms with Gasteiger partial charge in [0.05, 0.1) is 12.1 Å². The number of rotatable bonds is 7. The highest BCUT2D eigenvalue weighted by atomic mass is 16.4. The van der Waals surface area contributed by atoms with Gasteiger partial charge in [0.1, 0.15) is 23.7 Å². The molecule has 0 saturated heterocycles. The first-order chi connectivity index (χ1) is 14.0. The molecule has 0 bridgehead atoms. The lowest BCUT2D eigenvalue weighted by atomic mass is 10.1. The molecule has 1 fully saturated rings. The van der Waals surface area contributed by atoms with Crippen LogP contribution in [0.4, 0.5) is 0 Å². The molecule has 0 atom stereocenters. The highest BCUT2D eigenvalue weighted by Crippen LogP contribution is 2.36. The second-order valence-electron chi connectivity index (χ2n) is 7.25. The summed E-state index contributed by atoms with van der Waals surface area (Å²) in [7, 11) is 0. The second kappa shape index (κ2) is 7.90. The summed E-state index contributed by atoms with van der Waals surface area (Å²) >= 11 is 0. The molecular weight excluding hydrogens is 372 g/mol. The van der Waals surface area contributed by atoms with Crippen molar-refractivity contribution in [3.63, 3.8) is 0 Å². The molecule has 29 heavy (non-hydrogen) atoms. The summed E-state index contributed by atoms with van der Waals surface area (Å²) in [5, 5.41) is 22.8. The molecule has 2 N–H and O–H groups in total. The van der Waals surface area contributed by atoms with Gasteiger partial charge in [0.25, 0.3) is 0 Å². The molecule has 1 aromatic heterocycles. The molecule has 0 spiro atoms. The van der Waals surface area contributed by atoms with Crippen LogP contribution in [-0.2, 0) is 16.0 Å². The van der Waals surface area contributed by atoms with E-state index >= 15 is 0 Å². The van der Waals surface area contributed by atoms with Gasteiger partial charge < -0.3 is 14.8 Å². The Hall–Kier alpha value is -3.42. The van der Waals surface area contributed by atoms with Crippen LogP contribution < -0.4 is 5.32 Å². The third-order valence-corrected chi connectivity index (χ3v) is 5.11. The van der Waals surface area contributed by atoms with E-state index in [4.69, 9.17) is 0 Å². The molecule has 0 amide bonds. The van der Waals surface area contributed by atoms with Crippen molar-refractivity contribution in [1.29, 1.82) is 0 Å². The SMILES string of the molecule is O=C(O)CC1=NC(c2nc(CC(=O)O)cn2C2CCCC2)=C(c2ccccc2)[N]1. The Labute approximate surface area is 167 Å². The average molecular weight is 393 g/mol. The maximum atomic E-state index is 11.2. The van der Waals surface area contributed by atoms with E-state index in [1.807, 2.05) is 34.9 Å². The van der Waals surface area contributed by atoms with Crippen LogP contribution in [0, 0.1) is 0 Å². The Kier molecular flexibility index (Phi) is 5.16. The quantitative estimate of drug-likeness (QED) is 0.750. The number of hydrogen-bond acceptors (Lipinski definition) is 4. The molecule has 2 aromatic rings. The smallest absolute Gasteiger partial charge is 0.311 e. The second-order valence-corrected chi connectivity index (χ2v) is 7.25. The van der Waals surface area contributed by atoms with Gasteiger partial charge in [0.15, 0.2) is 5.82 Å². The van der Waals surface area contributed by atoms with Gasteiger partial charge in [-0.1, -0.05) is 43.2 Å². The summed E-state index contributed by atoms with van der Waals surface area (Å²) in [5.74, 6) is -1.19. The summed E-state index contributed by atoms with van der Waals surface area (Å²) in [6.07, 6.45) is 5.53. The van der Waals surface area contributed by atoms with Crippen LogP contribution in [0.3, 0.4) is 0 Å². The van der Waals surface area contributed by atoms with Gasteiger partial charge in [-0.15, -0.1) is 0 Å². The zero-order valence-electron chi connectivity index (χ0n) is 15.8. The van der Waals surface area contributed by atoms with Crippen molar-refractivity contribution >= 4 is 29.2 Å². The molecular formula is C21H21N4O4. The van der Waals surface area contributed by atoms with Gasteiger partial charge in [-0.3, -0.25) is 9.59 Å². The molecule has 1 aliphatic heterocycles. The molecule has 1 aromatic carbocycles. The van der Waals surface area contributed by atoms with Crippen molar-refractivity contribution in [1.82, 2.24) is 14.9 Å². The Morgan fingerprint density at radius 3 is 2.34 bits per heavy atom. The minimum Gasteiger partial charge on any atom is -0.481 e. The lowest BCUT2D eigenvalue weighted by Crippen LogP contribution is -2.14. The number of aliphatic carboxylic acids is 2.